The number of ether oxygens (including phenoxy) is 4. The maximum atomic E-state index is 12.3. The van der Waals surface area contributed by atoms with Crippen LogP contribution in [0, 0.1) is 5.92 Å². The fraction of sp³-hybridized carbons (Fsp3) is 0.458. The van der Waals surface area contributed by atoms with Crippen molar-refractivity contribution < 1.29 is 28.8 Å². The number of hydrazine groups is 1. The molecule has 0 aliphatic carbocycles. The van der Waals surface area contributed by atoms with Crippen LogP contribution in [0.2, 0.25) is 0 Å². The van der Waals surface area contributed by atoms with Crippen molar-refractivity contribution in [2.45, 2.75) is 37.5 Å². The van der Waals surface area contributed by atoms with Gasteiger partial charge in [0.15, 0.2) is 11.5 Å². The third-order valence-corrected chi connectivity index (χ3v) is 6.37. The Morgan fingerprint density at radius 3 is 2.69 bits per heavy atom. The molecule has 0 bridgehead atoms. The summed E-state index contributed by atoms with van der Waals surface area (Å²) < 4.78 is 21.4. The third-order valence-electron chi connectivity index (χ3n) is 6.37. The van der Waals surface area contributed by atoms with E-state index in [2.05, 4.69) is 23.0 Å². The summed E-state index contributed by atoms with van der Waals surface area (Å²) in [6.45, 7) is 0.712. The highest BCUT2D eigenvalue weighted by Crippen LogP contribution is 2.39. The zero-order chi connectivity index (χ0) is 22.7. The van der Waals surface area contributed by atoms with E-state index in [0.717, 1.165) is 23.3 Å². The maximum Gasteiger partial charge on any atom is 0.306 e. The molecule has 2 aliphatic heterocycles. The Labute approximate surface area is 187 Å². The zero-order valence-corrected chi connectivity index (χ0v) is 18.6. The van der Waals surface area contributed by atoms with Gasteiger partial charge >= 0.3 is 5.97 Å². The van der Waals surface area contributed by atoms with E-state index in [1.807, 2.05) is 24.3 Å². The van der Waals surface area contributed by atoms with E-state index in [1.165, 1.54) is 12.7 Å². The average molecular weight is 443 g/mol. The van der Waals surface area contributed by atoms with Gasteiger partial charge in [-0.2, -0.15) is 0 Å². The number of aliphatic hydroxyl groups excluding tert-OH is 1. The van der Waals surface area contributed by atoms with Crippen LogP contribution in [0.25, 0.3) is 0 Å². The molecule has 4 rings (SSSR count). The number of rotatable bonds is 8. The predicted octanol–water partition coefficient (Wildman–Crippen LogP) is 1.94. The minimum Gasteiger partial charge on any atom is -0.493 e. The average Bonchev–Trinajstić information content (AvgIpc) is 3.43. The van der Waals surface area contributed by atoms with Crippen LogP contribution < -0.4 is 25.1 Å². The normalized spacial score (nSPS) is 22.7. The second-order valence-electron chi connectivity index (χ2n) is 8.16. The molecule has 0 aromatic heterocycles. The van der Waals surface area contributed by atoms with Gasteiger partial charge in [-0.3, -0.25) is 10.2 Å². The van der Waals surface area contributed by atoms with E-state index in [1.54, 1.807) is 14.2 Å². The first kappa shape index (κ1) is 22.4. The Hall–Kier alpha value is -2.81. The lowest BCUT2D eigenvalue weighted by molar-refractivity contribution is -0.141. The lowest BCUT2D eigenvalue weighted by Gasteiger charge is -2.30. The van der Waals surface area contributed by atoms with Gasteiger partial charge in [0.1, 0.15) is 12.0 Å². The van der Waals surface area contributed by atoms with Crippen molar-refractivity contribution in [3.63, 3.8) is 0 Å². The molecule has 4 atom stereocenters. The van der Waals surface area contributed by atoms with Crippen LogP contribution >= 0.6 is 0 Å². The molecule has 0 spiro atoms. The number of carbonyl (C=O) groups is 1. The quantitative estimate of drug-likeness (QED) is 0.534. The summed E-state index contributed by atoms with van der Waals surface area (Å²) in [4.78, 5) is 12.3. The van der Waals surface area contributed by atoms with Gasteiger partial charge in [-0.25, -0.2) is 5.43 Å². The molecule has 2 heterocycles. The molecule has 8 nitrogen and oxygen atoms in total. The molecule has 4 unspecified atom stereocenters. The molecule has 172 valence electrons. The zero-order valence-electron chi connectivity index (χ0n) is 18.6. The second kappa shape index (κ2) is 9.77. The van der Waals surface area contributed by atoms with Gasteiger partial charge in [-0.05, 0) is 41.3 Å². The SMILES string of the molecule is COC(=O)CC(c1ccc(OC)c(OC)c1)C1C(O)NNC1Cc1ccc2c(c1)CCO2. The fourth-order valence-corrected chi connectivity index (χ4v) is 4.74. The molecular formula is C24H30N2O6. The first-order valence-corrected chi connectivity index (χ1v) is 10.8. The monoisotopic (exact) mass is 442 g/mol. The Morgan fingerprint density at radius 1 is 1.12 bits per heavy atom. The van der Waals surface area contributed by atoms with E-state index in [-0.39, 0.29) is 30.3 Å². The largest absolute Gasteiger partial charge is 0.493 e. The molecule has 2 aromatic rings. The predicted molar refractivity (Wildman–Crippen MR) is 118 cm³/mol. The maximum absolute atomic E-state index is 12.3. The van der Waals surface area contributed by atoms with E-state index in [0.29, 0.717) is 24.5 Å². The number of fused-ring (bicyclic) bond motifs is 1. The molecule has 2 aliphatic rings. The standard InChI is InChI=1S/C24H30N2O6/c1-29-20-7-5-15(12-21(20)30-2)17(13-22(27)31-3)23-18(25-26-24(23)28)11-14-4-6-19-16(10-14)8-9-32-19/h4-7,10,12,17-18,23-26,28H,8-9,11,13H2,1-3H3. The van der Waals surface area contributed by atoms with Crippen molar-refractivity contribution in [3.05, 3.63) is 53.1 Å². The van der Waals surface area contributed by atoms with Crippen molar-refractivity contribution in [2.24, 2.45) is 5.92 Å². The number of aliphatic hydroxyl groups is 1. The number of methoxy groups -OCH3 is 3. The van der Waals surface area contributed by atoms with Gasteiger partial charge in [0.2, 0.25) is 0 Å². The third kappa shape index (κ3) is 4.53. The van der Waals surface area contributed by atoms with Gasteiger partial charge in [0.25, 0.3) is 0 Å². The Kier molecular flexibility index (Phi) is 6.83. The highest BCUT2D eigenvalue weighted by atomic mass is 16.5. The summed E-state index contributed by atoms with van der Waals surface area (Å²) in [5.74, 6) is 1.20. The van der Waals surface area contributed by atoms with Crippen LogP contribution in [-0.2, 0) is 22.4 Å². The molecule has 0 saturated carbocycles. The molecule has 1 saturated heterocycles. The van der Waals surface area contributed by atoms with Crippen LogP contribution in [0.3, 0.4) is 0 Å². The van der Waals surface area contributed by atoms with Crippen LogP contribution in [-0.4, -0.2) is 51.3 Å². The number of esters is 1. The number of hydrogen-bond acceptors (Lipinski definition) is 8. The van der Waals surface area contributed by atoms with E-state index >= 15 is 0 Å². The smallest absolute Gasteiger partial charge is 0.306 e. The number of nitrogens with one attached hydrogen (secondary N) is 2. The molecule has 0 radical (unpaired) electrons. The Morgan fingerprint density at radius 2 is 1.94 bits per heavy atom. The van der Waals surface area contributed by atoms with Crippen molar-refractivity contribution in [2.75, 3.05) is 27.9 Å². The van der Waals surface area contributed by atoms with Crippen molar-refractivity contribution in [1.82, 2.24) is 10.9 Å². The highest BCUT2D eigenvalue weighted by Gasteiger charge is 2.42. The van der Waals surface area contributed by atoms with Crippen molar-refractivity contribution >= 4 is 5.97 Å². The summed E-state index contributed by atoms with van der Waals surface area (Å²) >= 11 is 0. The van der Waals surface area contributed by atoms with Crippen LogP contribution in [0.4, 0.5) is 0 Å². The minimum atomic E-state index is -0.833. The summed E-state index contributed by atoms with van der Waals surface area (Å²) in [6, 6.07) is 11.7. The lowest BCUT2D eigenvalue weighted by Crippen LogP contribution is -2.36. The molecule has 0 amide bonds. The van der Waals surface area contributed by atoms with E-state index < -0.39 is 6.23 Å². The molecular weight excluding hydrogens is 412 g/mol. The summed E-state index contributed by atoms with van der Waals surface area (Å²) in [5.41, 5.74) is 9.41. The molecule has 8 heteroatoms. The number of benzene rings is 2. The van der Waals surface area contributed by atoms with Gasteiger partial charge in [-0.15, -0.1) is 0 Å². The summed E-state index contributed by atoms with van der Waals surface area (Å²) in [6.07, 6.45) is 0.890. The highest BCUT2D eigenvalue weighted by molar-refractivity contribution is 5.70. The van der Waals surface area contributed by atoms with Crippen LogP contribution in [0.1, 0.15) is 29.0 Å². The van der Waals surface area contributed by atoms with Gasteiger partial charge in [0.05, 0.1) is 34.4 Å². The van der Waals surface area contributed by atoms with Crippen molar-refractivity contribution in [3.8, 4) is 17.2 Å². The Balaban J connectivity index is 1.64. The first-order chi connectivity index (χ1) is 15.5. The molecule has 1 fully saturated rings. The number of hydrogen-bond donors (Lipinski definition) is 3. The van der Waals surface area contributed by atoms with Gasteiger partial charge in [-0.1, -0.05) is 18.2 Å². The topological polar surface area (TPSA) is 98.3 Å². The number of carbonyl (C=O) groups excluding carboxylic acids is 1. The van der Waals surface area contributed by atoms with Crippen molar-refractivity contribution in [1.29, 1.82) is 0 Å². The fourth-order valence-electron chi connectivity index (χ4n) is 4.74. The second-order valence-corrected chi connectivity index (χ2v) is 8.16. The summed E-state index contributed by atoms with van der Waals surface area (Å²) in [5, 5.41) is 10.8. The lowest BCUT2D eigenvalue weighted by atomic mass is 9.77. The van der Waals surface area contributed by atoms with Crippen LogP contribution in [0.15, 0.2) is 36.4 Å². The molecule has 2 aromatic carbocycles. The molecule has 3 N–H and O–H groups in total. The van der Waals surface area contributed by atoms with Crippen LogP contribution in [0.5, 0.6) is 17.2 Å². The Bertz CT molecular complexity index is 966. The van der Waals surface area contributed by atoms with Gasteiger partial charge < -0.3 is 24.1 Å². The van der Waals surface area contributed by atoms with Gasteiger partial charge in [0, 0.05) is 24.3 Å². The van der Waals surface area contributed by atoms with E-state index in [9.17, 15) is 9.90 Å². The summed E-state index contributed by atoms with van der Waals surface area (Å²) in [7, 11) is 4.53. The minimum absolute atomic E-state index is 0.104. The first-order valence-electron chi connectivity index (χ1n) is 10.8. The molecule has 32 heavy (non-hydrogen) atoms. The van der Waals surface area contributed by atoms with E-state index in [4.69, 9.17) is 18.9 Å².